The number of nitrogens with two attached hydrogens (primary N) is 1. The first-order valence-electron chi connectivity index (χ1n) is 5.78. The smallest absolute Gasteiger partial charge is 0.324 e. The lowest BCUT2D eigenvalue weighted by atomic mass is 9.99. The normalized spacial score (nSPS) is 13.3. The average molecular weight is 266 g/mol. The van der Waals surface area contributed by atoms with Gasteiger partial charge in [0.2, 0.25) is 0 Å². The molecule has 1 aromatic heterocycles. The molecule has 100 valence electrons. The first kappa shape index (κ1) is 13.5. The van der Waals surface area contributed by atoms with Gasteiger partial charge in [0.1, 0.15) is 0 Å². The summed E-state index contributed by atoms with van der Waals surface area (Å²) in [4.78, 5) is 3.95. The molecule has 1 heterocycles. The van der Waals surface area contributed by atoms with E-state index in [4.69, 9.17) is 5.73 Å². The van der Waals surface area contributed by atoms with Crippen LogP contribution in [0, 0.1) is 0 Å². The minimum absolute atomic E-state index is 0.454. The molecule has 2 rings (SSSR count). The van der Waals surface area contributed by atoms with E-state index in [-0.39, 0.29) is 0 Å². The highest BCUT2D eigenvalue weighted by Gasteiger charge is 2.30. The zero-order valence-electron chi connectivity index (χ0n) is 10.1. The van der Waals surface area contributed by atoms with Crippen LogP contribution in [0.25, 0.3) is 0 Å². The number of halogens is 3. The standard InChI is InChI=1S/C14H13F3N2/c15-14(16,17)12-5-1-4-11(8-12)13(18)7-10-3-2-6-19-9-10/h1-6,8-9,13H,7,18H2. The topological polar surface area (TPSA) is 38.9 Å². The molecular formula is C14H13F3N2. The van der Waals surface area contributed by atoms with Crippen molar-refractivity contribution in [3.63, 3.8) is 0 Å². The van der Waals surface area contributed by atoms with E-state index in [0.29, 0.717) is 12.0 Å². The lowest BCUT2D eigenvalue weighted by Crippen LogP contribution is -2.15. The molecule has 2 N–H and O–H groups in total. The molecule has 5 heteroatoms. The maximum atomic E-state index is 12.6. The first-order valence-corrected chi connectivity index (χ1v) is 5.78. The van der Waals surface area contributed by atoms with Crippen LogP contribution in [0.2, 0.25) is 0 Å². The highest BCUT2D eigenvalue weighted by molar-refractivity contribution is 5.29. The number of benzene rings is 1. The van der Waals surface area contributed by atoms with Gasteiger partial charge < -0.3 is 5.73 Å². The third-order valence-corrected chi connectivity index (χ3v) is 2.82. The Bertz CT molecular complexity index is 538. The molecule has 0 spiro atoms. The van der Waals surface area contributed by atoms with Crippen molar-refractivity contribution in [1.82, 2.24) is 4.98 Å². The molecule has 2 aromatic rings. The molecule has 0 bridgehead atoms. The van der Waals surface area contributed by atoms with Gasteiger partial charge in [-0.25, -0.2) is 0 Å². The SMILES string of the molecule is NC(Cc1cccnc1)c1cccc(C(F)(F)F)c1. The van der Waals surface area contributed by atoms with Crippen molar-refractivity contribution in [2.45, 2.75) is 18.6 Å². The second-order valence-electron chi connectivity index (χ2n) is 4.30. The number of alkyl halides is 3. The summed E-state index contributed by atoms with van der Waals surface area (Å²) in [5, 5.41) is 0. The van der Waals surface area contributed by atoms with E-state index < -0.39 is 17.8 Å². The van der Waals surface area contributed by atoms with Crippen LogP contribution in [0.5, 0.6) is 0 Å². The fourth-order valence-electron chi connectivity index (χ4n) is 1.84. The monoisotopic (exact) mass is 266 g/mol. The molecule has 0 aliphatic heterocycles. The summed E-state index contributed by atoms with van der Waals surface area (Å²) in [5.41, 5.74) is 6.64. The molecule has 0 saturated heterocycles. The number of hydrogen-bond donors (Lipinski definition) is 1. The first-order chi connectivity index (χ1) is 8.97. The molecule has 0 aliphatic rings. The summed E-state index contributed by atoms with van der Waals surface area (Å²) in [6.45, 7) is 0. The molecule has 0 aliphatic carbocycles. The van der Waals surface area contributed by atoms with Crippen LogP contribution in [0.4, 0.5) is 13.2 Å². The van der Waals surface area contributed by atoms with Crippen molar-refractivity contribution in [1.29, 1.82) is 0 Å². The van der Waals surface area contributed by atoms with Crippen LogP contribution >= 0.6 is 0 Å². The van der Waals surface area contributed by atoms with E-state index in [1.807, 2.05) is 6.07 Å². The molecule has 19 heavy (non-hydrogen) atoms. The molecule has 0 saturated carbocycles. The Morgan fingerprint density at radius 3 is 2.58 bits per heavy atom. The van der Waals surface area contributed by atoms with Gasteiger partial charge in [-0.05, 0) is 35.7 Å². The Morgan fingerprint density at radius 1 is 1.16 bits per heavy atom. The van der Waals surface area contributed by atoms with Gasteiger partial charge >= 0.3 is 6.18 Å². The molecule has 1 atom stereocenters. The summed E-state index contributed by atoms with van der Waals surface area (Å²) < 4.78 is 37.8. The Labute approximate surface area is 109 Å². The van der Waals surface area contributed by atoms with Crippen molar-refractivity contribution in [3.8, 4) is 0 Å². The fourth-order valence-corrected chi connectivity index (χ4v) is 1.84. The van der Waals surface area contributed by atoms with Gasteiger partial charge in [0, 0.05) is 18.4 Å². The van der Waals surface area contributed by atoms with Crippen LogP contribution in [0.1, 0.15) is 22.7 Å². The summed E-state index contributed by atoms with van der Waals surface area (Å²) >= 11 is 0. The molecule has 0 amide bonds. The number of hydrogen-bond acceptors (Lipinski definition) is 2. The summed E-state index contributed by atoms with van der Waals surface area (Å²) in [5.74, 6) is 0. The van der Waals surface area contributed by atoms with Crippen LogP contribution in [-0.4, -0.2) is 4.98 Å². The lowest BCUT2D eigenvalue weighted by Gasteiger charge is -2.14. The van der Waals surface area contributed by atoms with Crippen molar-refractivity contribution >= 4 is 0 Å². The van der Waals surface area contributed by atoms with Gasteiger partial charge in [-0.1, -0.05) is 18.2 Å². The minimum Gasteiger partial charge on any atom is -0.324 e. The van der Waals surface area contributed by atoms with Gasteiger partial charge in [-0.2, -0.15) is 13.2 Å². The highest BCUT2D eigenvalue weighted by atomic mass is 19.4. The van der Waals surface area contributed by atoms with Crippen molar-refractivity contribution < 1.29 is 13.2 Å². The number of pyridine rings is 1. The Balaban J connectivity index is 2.18. The maximum absolute atomic E-state index is 12.6. The largest absolute Gasteiger partial charge is 0.416 e. The number of aromatic nitrogens is 1. The Hall–Kier alpha value is -1.88. The lowest BCUT2D eigenvalue weighted by molar-refractivity contribution is -0.137. The molecule has 1 unspecified atom stereocenters. The average Bonchev–Trinajstić information content (AvgIpc) is 2.39. The van der Waals surface area contributed by atoms with Gasteiger partial charge in [-0.15, -0.1) is 0 Å². The quantitative estimate of drug-likeness (QED) is 0.925. The van der Waals surface area contributed by atoms with E-state index in [1.165, 1.54) is 6.07 Å². The van der Waals surface area contributed by atoms with Crippen molar-refractivity contribution in [3.05, 3.63) is 65.5 Å². The van der Waals surface area contributed by atoms with E-state index in [0.717, 1.165) is 17.7 Å². The molecule has 1 aromatic carbocycles. The van der Waals surface area contributed by atoms with Crippen molar-refractivity contribution in [2.75, 3.05) is 0 Å². The summed E-state index contributed by atoms with van der Waals surface area (Å²) in [6.07, 6.45) is -0.591. The predicted octanol–water partition coefficient (Wildman–Crippen LogP) is 3.34. The van der Waals surface area contributed by atoms with Crippen LogP contribution in [0.15, 0.2) is 48.8 Å². The van der Waals surface area contributed by atoms with E-state index >= 15 is 0 Å². The van der Waals surface area contributed by atoms with Crippen LogP contribution in [0.3, 0.4) is 0 Å². The zero-order chi connectivity index (χ0) is 13.9. The van der Waals surface area contributed by atoms with Gasteiger partial charge in [0.25, 0.3) is 0 Å². The fraction of sp³-hybridized carbons (Fsp3) is 0.214. The van der Waals surface area contributed by atoms with Crippen molar-refractivity contribution in [2.24, 2.45) is 5.73 Å². The third kappa shape index (κ3) is 3.54. The second-order valence-corrected chi connectivity index (χ2v) is 4.30. The molecule has 0 radical (unpaired) electrons. The van der Waals surface area contributed by atoms with Crippen LogP contribution in [-0.2, 0) is 12.6 Å². The summed E-state index contributed by atoms with van der Waals surface area (Å²) in [7, 11) is 0. The van der Waals surface area contributed by atoms with E-state index in [9.17, 15) is 13.2 Å². The van der Waals surface area contributed by atoms with E-state index in [2.05, 4.69) is 4.98 Å². The Morgan fingerprint density at radius 2 is 1.95 bits per heavy atom. The molecule has 2 nitrogen and oxygen atoms in total. The third-order valence-electron chi connectivity index (χ3n) is 2.82. The zero-order valence-corrected chi connectivity index (χ0v) is 10.1. The predicted molar refractivity (Wildman–Crippen MR) is 66.3 cm³/mol. The molecular weight excluding hydrogens is 253 g/mol. The Kier molecular flexibility index (Phi) is 3.85. The van der Waals surface area contributed by atoms with Gasteiger partial charge in [0.15, 0.2) is 0 Å². The minimum atomic E-state index is -4.34. The van der Waals surface area contributed by atoms with E-state index in [1.54, 1.807) is 24.5 Å². The summed E-state index contributed by atoms with van der Waals surface area (Å²) in [6, 6.07) is 8.26. The van der Waals surface area contributed by atoms with Gasteiger partial charge in [-0.3, -0.25) is 4.98 Å². The molecule has 0 fully saturated rings. The van der Waals surface area contributed by atoms with Crippen LogP contribution < -0.4 is 5.73 Å². The number of rotatable bonds is 3. The highest BCUT2D eigenvalue weighted by Crippen LogP contribution is 2.30. The maximum Gasteiger partial charge on any atom is 0.416 e. The van der Waals surface area contributed by atoms with Gasteiger partial charge in [0.05, 0.1) is 5.56 Å². The second kappa shape index (κ2) is 5.40. The number of nitrogens with zero attached hydrogens (tertiary/aromatic N) is 1.